The Labute approximate surface area is 163 Å². The Hall–Kier alpha value is -2.26. The Morgan fingerprint density at radius 2 is 1.71 bits per heavy atom. The van der Waals surface area contributed by atoms with Gasteiger partial charge in [0.1, 0.15) is 17.3 Å². The lowest BCUT2D eigenvalue weighted by Gasteiger charge is -2.18. The first-order chi connectivity index (χ1) is 12.7. The number of carbonyl (C=O) groups excluding carboxylic acids is 1. The Kier molecular flexibility index (Phi) is 10.0. The Bertz CT molecular complexity index is 891. The van der Waals surface area contributed by atoms with E-state index in [-0.39, 0.29) is 29.4 Å². The van der Waals surface area contributed by atoms with Gasteiger partial charge in [0, 0.05) is 18.9 Å². The van der Waals surface area contributed by atoms with Gasteiger partial charge in [-0.3, -0.25) is 19.6 Å². The molecule has 1 aromatic carbocycles. The fourth-order valence-corrected chi connectivity index (χ4v) is 2.53. The number of hydrogen-bond acceptors (Lipinski definition) is 9. The highest BCUT2D eigenvalue weighted by atomic mass is 32.2. The number of hydrogen-bond donors (Lipinski definition) is 3. The zero-order chi connectivity index (χ0) is 22.1. The SMILES string of the molecule is COCCOc1ccc(C(=O)N(OC)C(=N)N)cc1S(C)(=O)=O.CS(=O)(=O)O. The predicted molar refractivity (Wildman–Crippen MR) is 99.5 cm³/mol. The first-order valence-corrected chi connectivity index (χ1v) is 11.1. The molecule has 0 fully saturated rings. The van der Waals surface area contributed by atoms with Crippen molar-refractivity contribution >= 4 is 31.8 Å². The van der Waals surface area contributed by atoms with Crippen molar-refractivity contribution in [1.82, 2.24) is 5.06 Å². The highest BCUT2D eigenvalue weighted by Gasteiger charge is 2.23. The summed E-state index contributed by atoms with van der Waals surface area (Å²) in [7, 11) is -4.65. The molecule has 0 saturated heterocycles. The van der Waals surface area contributed by atoms with Gasteiger partial charge >= 0.3 is 0 Å². The zero-order valence-electron chi connectivity index (χ0n) is 15.7. The van der Waals surface area contributed by atoms with Crippen molar-refractivity contribution in [1.29, 1.82) is 5.41 Å². The molecule has 0 spiro atoms. The van der Waals surface area contributed by atoms with Crippen molar-refractivity contribution in [3.63, 3.8) is 0 Å². The molecule has 0 heterocycles. The van der Waals surface area contributed by atoms with E-state index in [0.717, 1.165) is 12.3 Å². The van der Waals surface area contributed by atoms with Crippen LogP contribution in [0.25, 0.3) is 0 Å². The van der Waals surface area contributed by atoms with E-state index in [4.69, 9.17) is 30.0 Å². The number of nitrogens with one attached hydrogen (secondary N) is 1. The summed E-state index contributed by atoms with van der Waals surface area (Å²) in [4.78, 5) is 16.7. The molecule has 12 nitrogen and oxygen atoms in total. The van der Waals surface area contributed by atoms with E-state index in [1.807, 2.05) is 0 Å². The van der Waals surface area contributed by atoms with Gasteiger partial charge in [0.25, 0.3) is 16.0 Å². The van der Waals surface area contributed by atoms with Gasteiger partial charge in [0.15, 0.2) is 9.84 Å². The maximum absolute atomic E-state index is 12.2. The summed E-state index contributed by atoms with van der Waals surface area (Å²) in [5.41, 5.74) is 5.21. The molecule has 0 saturated carbocycles. The van der Waals surface area contributed by atoms with Crippen molar-refractivity contribution in [2.24, 2.45) is 5.73 Å². The van der Waals surface area contributed by atoms with Crippen LogP contribution in [-0.4, -0.2) is 78.3 Å². The van der Waals surface area contributed by atoms with Crippen LogP contribution in [0.15, 0.2) is 23.1 Å². The molecule has 160 valence electrons. The van der Waals surface area contributed by atoms with Crippen molar-refractivity contribution in [3.8, 4) is 5.75 Å². The molecule has 1 amide bonds. The number of hydroxylamine groups is 2. The fraction of sp³-hybridized carbons (Fsp3) is 0.429. The number of amides is 1. The number of nitrogens with zero attached hydrogens (tertiary/aromatic N) is 1. The van der Waals surface area contributed by atoms with Crippen molar-refractivity contribution in [2.75, 3.05) is 39.9 Å². The summed E-state index contributed by atoms with van der Waals surface area (Å²) in [5.74, 6) is -1.29. The van der Waals surface area contributed by atoms with Gasteiger partial charge in [-0.2, -0.15) is 13.5 Å². The number of ether oxygens (including phenoxy) is 2. The van der Waals surface area contributed by atoms with Crippen molar-refractivity contribution in [3.05, 3.63) is 23.8 Å². The molecule has 0 bridgehead atoms. The van der Waals surface area contributed by atoms with E-state index < -0.39 is 31.8 Å². The van der Waals surface area contributed by atoms with Crippen molar-refractivity contribution in [2.45, 2.75) is 4.90 Å². The molecule has 0 atom stereocenters. The summed E-state index contributed by atoms with van der Waals surface area (Å²) in [5, 5.41) is 7.80. The smallest absolute Gasteiger partial charge is 0.284 e. The van der Waals surface area contributed by atoms with Crippen LogP contribution >= 0.6 is 0 Å². The first-order valence-electron chi connectivity index (χ1n) is 7.33. The van der Waals surface area contributed by atoms with E-state index >= 15 is 0 Å². The van der Waals surface area contributed by atoms with Crippen LogP contribution in [0.5, 0.6) is 5.75 Å². The minimum absolute atomic E-state index is 0.0124. The van der Waals surface area contributed by atoms with Crippen molar-refractivity contribution < 1.29 is 40.5 Å². The van der Waals surface area contributed by atoms with Crippen LogP contribution in [0.4, 0.5) is 0 Å². The van der Waals surface area contributed by atoms with Crippen LogP contribution in [0.1, 0.15) is 10.4 Å². The monoisotopic (exact) mass is 441 g/mol. The second-order valence-corrected chi connectivity index (χ2v) is 8.63. The maximum atomic E-state index is 12.2. The average molecular weight is 441 g/mol. The van der Waals surface area contributed by atoms with Crippen LogP contribution in [0, 0.1) is 5.41 Å². The van der Waals surface area contributed by atoms with Gasteiger partial charge in [-0.25, -0.2) is 8.42 Å². The number of nitrogens with two attached hydrogens (primary N) is 1. The number of benzene rings is 1. The summed E-state index contributed by atoms with van der Waals surface area (Å²) >= 11 is 0. The molecule has 0 aliphatic rings. The average Bonchev–Trinajstić information content (AvgIpc) is 2.53. The van der Waals surface area contributed by atoms with Crippen LogP contribution in [0.2, 0.25) is 0 Å². The highest BCUT2D eigenvalue weighted by Crippen LogP contribution is 2.26. The van der Waals surface area contributed by atoms with E-state index in [9.17, 15) is 21.6 Å². The Morgan fingerprint density at radius 3 is 2.11 bits per heavy atom. The molecule has 1 aromatic rings. The van der Waals surface area contributed by atoms with Crippen LogP contribution in [-0.2, 0) is 29.5 Å². The predicted octanol–water partition coefficient (Wildman–Crippen LogP) is -0.484. The third-order valence-corrected chi connectivity index (χ3v) is 3.84. The number of sulfone groups is 1. The molecule has 0 radical (unpaired) electrons. The molecule has 0 aliphatic heterocycles. The molecule has 0 aliphatic carbocycles. The summed E-state index contributed by atoms with van der Waals surface area (Å²) in [6, 6.07) is 3.86. The molecular formula is C14H23N3O9S2. The van der Waals surface area contributed by atoms with Crippen LogP contribution in [0.3, 0.4) is 0 Å². The number of methoxy groups -OCH3 is 1. The van der Waals surface area contributed by atoms with Gasteiger partial charge < -0.3 is 15.2 Å². The minimum Gasteiger partial charge on any atom is -0.490 e. The maximum Gasteiger partial charge on any atom is 0.284 e. The Morgan fingerprint density at radius 1 is 1.18 bits per heavy atom. The second kappa shape index (κ2) is 10.9. The minimum atomic E-state index is -3.67. The summed E-state index contributed by atoms with van der Waals surface area (Å²) in [6.07, 6.45) is 1.71. The van der Waals surface area contributed by atoms with Gasteiger partial charge in [-0.1, -0.05) is 0 Å². The topological polar surface area (TPSA) is 186 Å². The number of guanidine groups is 1. The fourth-order valence-electron chi connectivity index (χ4n) is 1.69. The van der Waals surface area contributed by atoms with Gasteiger partial charge in [-0.05, 0) is 18.2 Å². The Balaban J connectivity index is 0.00000129. The van der Waals surface area contributed by atoms with Gasteiger partial charge in [0.2, 0.25) is 5.96 Å². The molecule has 4 N–H and O–H groups in total. The van der Waals surface area contributed by atoms with E-state index in [2.05, 4.69) is 0 Å². The first kappa shape index (κ1) is 25.7. The molecule has 0 unspecified atom stereocenters. The molecule has 28 heavy (non-hydrogen) atoms. The van der Waals surface area contributed by atoms with Gasteiger partial charge in [0.05, 0.1) is 20.0 Å². The van der Waals surface area contributed by atoms with Gasteiger partial charge in [-0.15, -0.1) is 0 Å². The standard InChI is InChI=1S/C13H19N3O6S.CH4O3S/c1-20-6-7-22-10-5-4-9(8-11(10)23(3,18)19)12(17)16(21-2)13(14)15;1-5(2,3)4/h4-5,8H,6-7H2,1-3H3,(H3,14,15);1H3,(H,2,3,4). The molecule has 1 rings (SSSR count). The van der Waals surface area contributed by atoms with Crippen LogP contribution < -0.4 is 10.5 Å². The van der Waals surface area contributed by atoms with E-state index in [1.54, 1.807) is 0 Å². The lowest BCUT2D eigenvalue weighted by atomic mass is 10.2. The largest absolute Gasteiger partial charge is 0.490 e. The molecule has 14 heteroatoms. The second-order valence-electron chi connectivity index (χ2n) is 5.18. The lowest BCUT2D eigenvalue weighted by Crippen LogP contribution is -2.40. The summed E-state index contributed by atoms with van der Waals surface area (Å²) in [6.45, 7) is 0.440. The summed E-state index contributed by atoms with van der Waals surface area (Å²) < 4.78 is 59.8. The normalized spacial score (nSPS) is 11.2. The van der Waals surface area contributed by atoms with E-state index in [1.165, 1.54) is 26.4 Å². The highest BCUT2D eigenvalue weighted by molar-refractivity contribution is 7.90. The number of rotatable bonds is 7. The molecular weight excluding hydrogens is 418 g/mol. The lowest BCUT2D eigenvalue weighted by molar-refractivity contribution is -0.0421. The third-order valence-electron chi connectivity index (χ3n) is 2.72. The number of carbonyl (C=O) groups is 1. The zero-order valence-corrected chi connectivity index (χ0v) is 17.3. The third kappa shape index (κ3) is 9.61. The quantitative estimate of drug-likeness (QED) is 0.164. The molecule has 0 aromatic heterocycles. The van der Waals surface area contributed by atoms with E-state index in [0.29, 0.717) is 11.3 Å².